The quantitative estimate of drug-likeness (QED) is 0.603. The molecule has 4 unspecified atom stereocenters. The highest BCUT2D eigenvalue weighted by molar-refractivity contribution is 5.69. The third kappa shape index (κ3) is 3.34. The molecule has 0 amide bonds. The second-order valence-corrected chi connectivity index (χ2v) is 11.6. The lowest BCUT2D eigenvalue weighted by Crippen LogP contribution is -2.64. The first-order valence-electron chi connectivity index (χ1n) is 12.2. The average Bonchev–Trinajstić information content (AvgIpc) is 3.08. The van der Waals surface area contributed by atoms with Gasteiger partial charge >= 0.3 is 5.97 Å². The molecule has 0 spiro atoms. The van der Waals surface area contributed by atoms with E-state index in [1.54, 1.807) is 0 Å². The Morgan fingerprint density at radius 1 is 0.967 bits per heavy atom. The number of fused-ring (bicyclic) bond motifs is 5. The number of rotatable bonds is 4. The first-order valence-corrected chi connectivity index (χ1v) is 12.2. The van der Waals surface area contributed by atoms with Crippen LogP contribution in [0.4, 0.5) is 0 Å². The van der Waals surface area contributed by atoms with E-state index in [0.717, 1.165) is 38.5 Å². The Morgan fingerprint density at radius 3 is 2.33 bits per heavy atom. The van der Waals surface area contributed by atoms with Gasteiger partial charge in [-0.3, -0.25) is 4.79 Å². The predicted octanol–water partition coefficient (Wildman–Crippen LogP) is 3.54. The fourth-order valence-corrected chi connectivity index (χ4v) is 8.86. The first-order chi connectivity index (χ1) is 14.1. The molecule has 0 aromatic heterocycles. The summed E-state index contributed by atoms with van der Waals surface area (Å²) in [6.07, 6.45) is 6.48. The van der Waals surface area contributed by atoms with Gasteiger partial charge in [0.05, 0.1) is 25.4 Å². The summed E-state index contributed by atoms with van der Waals surface area (Å²) in [4.78, 5) is 11.7. The Kier molecular flexibility index (Phi) is 6.04. The number of carbonyl (C=O) groups is 1. The van der Waals surface area contributed by atoms with Crippen LogP contribution in [-0.2, 0) is 9.53 Å². The molecule has 11 atom stereocenters. The molecule has 0 heterocycles. The monoisotopic (exact) mass is 422 g/mol. The molecule has 0 aromatic rings. The van der Waals surface area contributed by atoms with Gasteiger partial charge in [0.15, 0.2) is 0 Å². The Hall–Kier alpha value is -0.650. The topological polar surface area (TPSA) is 87.0 Å². The minimum atomic E-state index is -0.732. The van der Waals surface area contributed by atoms with Crippen LogP contribution in [0, 0.1) is 46.3 Å². The highest BCUT2D eigenvalue weighted by Crippen LogP contribution is 2.68. The van der Waals surface area contributed by atoms with Gasteiger partial charge < -0.3 is 20.1 Å². The number of hydrogen-bond donors (Lipinski definition) is 3. The Labute approximate surface area is 181 Å². The average molecular weight is 423 g/mol. The van der Waals surface area contributed by atoms with E-state index in [4.69, 9.17) is 4.74 Å². The molecule has 0 radical (unpaired) electrons. The van der Waals surface area contributed by atoms with E-state index in [0.29, 0.717) is 36.5 Å². The van der Waals surface area contributed by atoms with Crippen molar-refractivity contribution >= 4 is 5.97 Å². The molecule has 3 N–H and O–H groups in total. The van der Waals surface area contributed by atoms with Gasteiger partial charge in [-0.1, -0.05) is 20.8 Å². The second kappa shape index (κ2) is 8.04. The summed E-state index contributed by atoms with van der Waals surface area (Å²) in [5, 5.41) is 32.7. The molecule has 4 saturated carbocycles. The highest BCUT2D eigenvalue weighted by Gasteiger charge is 2.65. The summed E-state index contributed by atoms with van der Waals surface area (Å²) in [5.41, 5.74) is 0.174. The second-order valence-electron chi connectivity index (χ2n) is 11.6. The zero-order chi connectivity index (χ0) is 21.8. The summed E-state index contributed by atoms with van der Waals surface area (Å²) in [5.74, 6) is 1.87. The van der Waals surface area contributed by atoms with Crippen LogP contribution in [0.2, 0.25) is 0 Å². The molecule has 0 aromatic carbocycles. The van der Waals surface area contributed by atoms with Gasteiger partial charge in [0.2, 0.25) is 0 Å². The summed E-state index contributed by atoms with van der Waals surface area (Å²) in [7, 11) is 1.45. The SMILES string of the molecule is COC(=O)CC[C@@H](C)[C@H]1CCC2C3C(CC[C@@]21C)[C@@]1(C)CC[C@@H](O)CC1[C@@H](O)[C@H]3O. The lowest BCUT2D eigenvalue weighted by molar-refractivity contribution is -0.223. The van der Waals surface area contributed by atoms with Crippen molar-refractivity contribution < 1.29 is 24.9 Å². The Morgan fingerprint density at radius 2 is 1.63 bits per heavy atom. The summed E-state index contributed by atoms with van der Waals surface area (Å²) >= 11 is 0. The van der Waals surface area contributed by atoms with E-state index in [9.17, 15) is 20.1 Å². The van der Waals surface area contributed by atoms with E-state index < -0.39 is 12.2 Å². The van der Waals surface area contributed by atoms with Gasteiger partial charge in [-0.05, 0) is 97.7 Å². The summed E-state index contributed by atoms with van der Waals surface area (Å²) < 4.78 is 4.84. The molecular formula is C25H42O5. The normalized spacial score (nSPS) is 51.4. The van der Waals surface area contributed by atoms with Crippen LogP contribution in [0.15, 0.2) is 0 Å². The highest BCUT2D eigenvalue weighted by atomic mass is 16.5. The Balaban J connectivity index is 1.56. The van der Waals surface area contributed by atoms with Crippen LogP contribution in [0.25, 0.3) is 0 Å². The number of ether oxygens (including phenoxy) is 1. The molecule has 4 rings (SSSR count). The fraction of sp³-hybridized carbons (Fsp3) is 0.960. The van der Waals surface area contributed by atoms with E-state index >= 15 is 0 Å². The van der Waals surface area contributed by atoms with Gasteiger partial charge in [-0.2, -0.15) is 0 Å². The lowest BCUT2D eigenvalue weighted by Gasteiger charge is -2.63. The molecule has 4 aliphatic rings. The van der Waals surface area contributed by atoms with E-state index in [2.05, 4.69) is 20.8 Å². The number of aliphatic hydroxyl groups excluding tert-OH is 3. The van der Waals surface area contributed by atoms with Gasteiger partial charge in [-0.15, -0.1) is 0 Å². The number of methoxy groups -OCH3 is 1. The number of carbonyl (C=O) groups excluding carboxylic acids is 1. The standard InChI is InChI=1S/C25H42O5/c1-14(5-8-20(27)30-4)16-6-7-17-21-18(10-12-24(16,17)2)25(3)11-9-15(26)13-19(25)22(28)23(21)29/h14-19,21-23,26,28-29H,5-13H2,1-4H3/t14-,15-,16-,17?,18?,19?,21?,22-,23+,24-,25-/m1/s1. The largest absolute Gasteiger partial charge is 0.469 e. The van der Waals surface area contributed by atoms with Crippen molar-refractivity contribution in [2.24, 2.45) is 46.3 Å². The van der Waals surface area contributed by atoms with Crippen molar-refractivity contribution in [2.75, 3.05) is 7.11 Å². The maximum atomic E-state index is 11.7. The van der Waals surface area contributed by atoms with Crippen molar-refractivity contribution in [2.45, 2.75) is 96.9 Å². The fourth-order valence-electron chi connectivity index (χ4n) is 8.86. The molecule has 0 bridgehead atoms. The third-order valence-corrected chi connectivity index (χ3v) is 10.5. The van der Waals surface area contributed by atoms with E-state index in [1.165, 1.54) is 13.5 Å². The van der Waals surface area contributed by atoms with Crippen molar-refractivity contribution in [3.63, 3.8) is 0 Å². The molecule has 5 nitrogen and oxygen atoms in total. The number of esters is 1. The summed E-state index contributed by atoms with van der Waals surface area (Å²) in [6, 6.07) is 0. The first kappa shape index (κ1) is 22.5. The van der Waals surface area contributed by atoms with Crippen molar-refractivity contribution in [1.82, 2.24) is 0 Å². The predicted molar refractivity (Wildman–Crippen MR) is 114 cm³/mol. The minimum Gasteiger partial charge on any atom is -0.469 e. The number of hydrogen-bond acceptors (Lipinski definition) is 5. The van der Waals surface area contributed by atoms with Crippen LogP contribution >= 0.6 is 0 Å². The molecule has 0 aliphatic heterocycles. The maximum absolute atomic E-state index is 11.7. The molecule has 5 heteroatoms. The summed E-state index contributed by atoms with van der Waals surface area (Å²) in [6.45, 7) is 7.02. The van der Waals surface area contributed by atoms with Crippen molar-refractivity contribution in [1.29, 1.82) is 0 Å². The van der Waals surface area contributed by atoms with E-state index in [-0.39, 0.29) is 34.7 Å². The minimum absolute atomic E-state index is 0.00182. The van der Waals surface area contributed by atoms with Gasteiger partial charge in [0, 0.05) is 6.42 Å². The van der Waals surface area contributed by atoms with Crippen LogP contribution in [0.5, 0.6) is 0 Å². The van der Waals surface area contributed by atoms with E-state index in [1.807, 2.05) is 0 Å². The molecule has 172 valence electrons. The zero-order valence-corrected chi connectivity index (χ0v) is 19.2. The molecule has 30 heavy (non-hydrogen) atoms. The third-order valence-electron chi connectivity index (χ3n) is 10.5. The molecule has 4 fully saturated rings. The maximum Gasteiger partial charge on any atom is 0.305 e. The molecule has 0 saturated heterocycles. The molecular weight excluding hydrogens is 380 g/mol. The van der Waals surface area contributed by atoms with Gasteiger partial charge in [0.1, 0.15) is 0 Å². The molecule has 4 aliphatic carbocycles. The van der Waals surface area contributed by atoms with Crippen LogP contribution in [0.1, 0.15) is 78.6 Å². The van der Waals surface area contributed by atoms with Crippen LogP contribution in [0.3, 0.4) is 0 Å². The van der Waals surface area contributed by atoms with Crippen molar-refractivity contribution in [3.05, 3.63) is 0 Å². The zero-order valence-electron chi connectivity index (χ0n) is 19.2. The van der Waals surface area contributed by atoms with Gasteiger partial charge in [0.25, 0.3) is 0 Å². The van der Waals surface area contributed by atoms with Crippen LogP contribution in [-0.4, -0.2) is 46.7 Å². The Bertz CT molecular complexity index is 651. The lowest BCUT2D eigenvalue weighted by atomic mass is 9.43. The van der Waals surface area contributed by atoms with Crippen molar-refractivity contribution in [3.8, 4) is 0 Å². The van der Waals surface area contributed by atoms with Gasteiger partial charge in [-0.25, -0.2) is 0 Å². The van der Waals surface area contributed by atoms with Crippen LogP contribution < -0.4 is 0 Å². The number of aliphatic hydroxyl groups is 3. The smallest absolute Gasteiger partial charge is 0.305 e.